The van der Waals surface area contributed by atoms with E-state index in [1.807, 2.05) is 0 Å². The fourth-order valence-corrected chi connectivity index (χ4v) is 0.225. The molecule has 0 aliphatic carbocycles. The van der Waals surface area contributed by atoms with Crippen LogP contribution in [-0.2, 0) is 4.74 Å². The molecular formula is C5H9NO. The van der Waals surface area contributed by atoms with E-state index in [1.165, 1.54) is 0 Å². The molecule has 0 spiro atoms. The van der Waals surface area contributed by atoms with Crippen LogP contribution in [-0.4, -0.2) is 13.7 Å². The number of rotatable bonds is 2. The quantitative estimate of drug-likeness (QED) is 0.299. The van der Waals surface area contributed by atoms with Gasteiger partial charge in [-0.25, -0.2) is 0 Å². The molecule has 0 fully saturated rings. The van der Waals surface area contributed by atoms with Gasteiger partial charge >= 0.3 is 0 Å². The van der Waals surface area contributed by atoms with Crippen LogP contribution in [0.15, 0.2) is 0 Å². The molecule has 2 heteroatoms. The van der Waals surface area contributed by atoms with E-state index in [0.717, 1.165) is 6.42 Å². The van der Waals surface area contributed by atoms with Crippen LogP contribution in [0.3, 0.4) is 0 Å². The molecular weight excluding hydrogens is 90.1 g/mol. The lowest BCUT2D eigenvalue weighted by atomic mass is 10.5. The average molecular weight is 99.1 g/mol. The topological polar surface area (TPSA) is 35.2 Å². The van der Waals surface area contributed by atoms with Crippen molar-refractivity contribution in [2.24, 2.45) is 5.73 Å². The Balaban J connectivity index is 2.78. The van der Waals surface area contributed by atoms with Gasteiger partial charge in [0.1, 0.15) is 0 Å². The number of nitrogens with two attached hydrogens (primary N) is 1. The fraction of sp³-hybridized carbons (Fsp3) is 0.600. The van der Waals surface area contributed by atoms with E-state index in [4.69, 9.17) is 5.73 Å². The Labute approximate surface area is 43.7 Å². The smallest absolute Gasteiger partial charge is 0.0572 e. The standard InChI is InChI=1S/C5H9NO/c1-7-5-3-2-4-6/h3,5-6H2,1H3. The Hall–Kier alpha value is -0.680. The predicted molar refractivity (Wildman–Crippen MR) is 28.5 cm³/mol. The number of ether oxygens (including phenoxy) is 1. The lowest BCUT2D eigenvalue weighted by Gasteiger charge is -1.85. The van der Waals surface area contributed by atoms with Gasteiger partial charge in [0.15, 0.2) is 0 Å². The zero-order valence-corrected chi connectivity index (χ0v) is 4.40. The molecule has 0 aromatic heterocycles. The van der Waals surface area contributed by atoms with Crippen LogP contribution in [0.4, 0.5) is 0 Å². The minimum absolute atomic E-state index is 0.671. The number of hydrogen-bond donors (Lipinski definition) is 1. The lowest BCUT2D eigenvalue weighted by Crippen LogP contribution is -1.85. The second-order valence-electron chi connectivity index (χ2n) is 1.06. The molecule has 0 heterocycles. The summed E-state index contributed by atoms with van der Waals surface area (Å²) in [7, 11) is 1.64. The monoisotopic (exact) mass is 99.1 g/mol. The summed E-state index contributed by atoms with van der Waals surface area (Å²) in [5, 5.41) is 0. The van der Waals surface area contributed by atoms with Crippen molar-refractivity contribution >= 4 is 0 Å². The highest BCUT2D eigenvalue weighted by molar-refractivity contribution is 4.93. The van der Waals surface area contributed by atoms with Crippen LogP contribution in [0.25, 0.3) is 0 Å². The van der Waals surface area contributed by atoms with Gasteiger partial charge in [0, 0.05) is 19.6 Å². The van der Waals surface area contributed by atoms with Crippen molar-refractivity contribution in [1.29, 1.82) is 0 Å². The van der Waals surface area contributed by atoms with Crippen molar-refractivity contribution in [2.45, 2.75) is 6.42 Å². The lowest BCUT2D eigenvalue weighted by molar-refractivity contribution is 0.206. The summed E-state index contributed by atoms with van der Waals surface area (Å²) in [6, 6.07) is 2.27. The predicted octanol–water partition coefficient (Wildman–Crippen LogP) is -0.0575. The molecule has 2 N–H and O–H groups in total. The molecule has 0 radical (unpaired) electrons. The van der Waals surface area contributed by atoms with E-state index < -0.39 is 0 Å². The van der Waals surface area contributed by atoms with E-state index in [0.29, 0.717) is 6.61 Å². The van der Waals surface area contributed by atoms with E-state index in [1.54, 1.807) is 7.11 Å². The molecule has 40 valence electrons. The van der Waals surface area contributed by atoms with Crippen molar-refractivity contribution in [1.82, 2.24) is 0 Å². The van der Waals surface area contributed by atoms with Crippen LogP contribution in [0.2, 0.25) is 0 Å². The average Bonchev–Trinajstić information content (AvgIpc) is 1.69. The van der Waals surface area contributed by atoms with E-state index in [2.05, 4.69) is 16.7 Å². The first-order chi connectivity index (χ1) is 3.41. The second-order valence-corrected chi connectivity index (χ2v) is 1.06. The highest BCUT2D eigenvalue weighted by Crippen LogP contribution is 1.72. The van der Waals surface area contributed by atoms with Gasteiger partial charge in [-0.3, -0.25) is 0 Å². The molecule has 0 bridgehead atoms. The fourth-order valence-electron chi connectivity index (χ4n) is 0.225. The molecule has 0 aliphatic rings. The third-order valence-electron chi connectivity index (χ3n) is 0.533. The van der Waals surface area contributed by atoms with Gasteiger partial charge in [-0.1, -0.05) is 5.92 Å². The van der Waals surface area contributed by atoms with Gasteiger partial charge in [0.25, 0.3) is 0 Å². The van der Waals surface area contributed by atoms with Gasteiger partial charge < -0.3 is 10.5 Å². The van der Waals surface area contributed by atoms with Crippen LogP contribution < -0.4 is 5.73 Å². The zero-order chi connectivity index (χ0) is 5.54. The minimum atomic E-state index is 0.671. The summed E-state index contributed by atoms with van der Waals surface area (Å²) >= 11 is 0. The van der Waals surface area contributed by atoms with Gasteiger partial charge in [-0.05, 0) is 0 Å². The van der Waals surface area contributed by atoms with E-state index >= 15 is 0 Å². The maximum absolute atomic E-state index is 4.85. The third kappa shape index (κ3) is 5.32. The van der Waals surface area contributed by atoms with Crippen molar-refractivity contribution < 1.29 is 4.74 Å². The summed E-state index contributed by atoms with van der Waals surface area (Å²) in [5.41, 5.74) is 4.85. The van der Waals surface area contributed by atoms with Crippen LogP contribution >= 0.6 is 0 Å². The molecule has 0 rings (SSSR count). The third-order valence-corrected chi connectivity index (χ3v) is 0.533. The summed E-state index contributed by atoms with van der Waals surface area (Å²) in [6.07, 6.45) is 0.729. The maximum Gasteiger partial charge on any atom is 0.0572 e. The van der Waals surface area contributed by atoms with Crippen LogP contribution in [0, 0.1) is 12.0 Å². The number of hydrogen-bond acceptors (Lipinski definition) is 2. The van der Waals surface area contributed by atoms with Crippen molar-refractivity contribution in [3.8, 4) is 12.0 Å². The summed E-state index contributed by atoms with van der Waals surface area (Å²) in [5.74, 6) is 2.65. The Morgan fingerprint density at radius 1 is 1.71 bits per heavy atom. The first-order valence-corrected chi connectivity index (χ1v) is 2.09. The van der Waals surface area contributed by atoms with Crippen molar-refractivity contribution in [3.63, 3.8) is 0 Å². The molecule has 2 nitrogen and oxygen atoms in total. The molecule has 0 aromatic rings. The Kier molecular flexibility index (Phi) is 4.80. The zero-order valence-electron chi connectivity index (χ0n) is 4.40. The van der Waals surface area contributed by atoms with Gasteiger partial charge in [0.05, 0.1) is 6.61 Å². The Morgan fingerprint density at radius 3 is 2.86 bits per heavy atom. The largest absolute Gasteiger partial charge is 0.384 e. The highest BCUT2D eigenvalue weighted by Gasteiger charge is 1.71. The van der Waals surface area contributed by atoms with Crippen LogP contribution in [0.1, 0.15) is 6.42 Å². The van der Waals surface area contributed by atoms with E-state index in [-0.39, 0.29) is 0 Å². The van der Waals surface area contributed by atoms with Gasteiger partial charge in [-0.2, -0.15) is 0 Å². The maximum atomic E-state index is 4.85. The van der Waals surface area contributed by atoms with Crippen LogP contribution in [0.5, 0.6) is 0 Å². The summed E-state index contributed by atoms with van der Waals surface area (Å²) in [4.78, 5) is 0. The highest BCUT2D eigenvalue weighted by atomic mass is 16.5. The Morgan fingerprint density at radius 2 is 2.43 bits per heavy atom. The molecule has 7 heavy (non-hydrogen) atoms. The van der Waals surface area contributed by atoms with Crippen molar-refractivity contribution in [2.75, 3.05) is 13.7 Å². The van der Waals surface area contributed by atoms with Gasteiger partial charge in [0.2, 0.25) is 0 Å². The molecule has 0 aromatic carbocycles. The normalized spacial score (nSPS) is 7.00. The first-order valence-electron chi connectivity index (χ1n) is 2.09. The second kappa shape index (κ2) is 5.32. The molecule has 0 atom stereocenters. The summed E-state index contributed by atoms with van der Waals surface area (Å²) < 4.78 is 4.69. The van der Waals surface area contributed by atoms with Crippen molar-refractivity contribution in [3.05, 3.63) is 0 Å². The molecule has 0 saturated heterocycles. The Bertz CT molecular complexity index is 79.8. The van der Waals surface area contributed by atoms with Gasteiger partial charge in [-0.15, -0.1) is 0 Å². The minimum Gasteiger partial charge on any atom is -0.384 e. The molecule has 0 unspecified atom stereocenters. The summed E-state index contributed by atoms with van der Waals surface area (Å²) in [6.45, 7) is 0.671. The molecule has 0 aliphatic heterocycles. The number of methoxy groups -OCH3 is 1. The first kappa shape index (κ1) is 6.32. The molecule has 0 amide bonds. The molecule has 0 saturated carbocycles. The SMILES string of the molecule is COCCC#CN. The van der Waals surface area contributed by atoms with E-state index in [9.17, 15) is 0 Å².